The zero-order chi connectivity index (χ0) is 19.8. The second-order valence-electron chi connectivity index (χ2n) is 7.98. The van der Waals surface area contributed by atoms with E-state index in [1.54, 1.807) is 28.1 Å². The summed E-state index contributed by atoms with van der Waals surface area (Å²) in [5.74, 6) is 0.524. The van der Waals surface area contributed by atoms with Gasteiger partial charge in [-0.05, 0) is 25.8 Å². The first kappa shape index (κ1) is 20.6. The Hall–Kier alpha value is -1.18. The van der Waals surface area contributed by atoms with E-state index in [2.05, 4.69) is 6.92 Å². The molecule has 1 aromatic carbocycles. The molecule has 2 N–H and O–H groups in total. The van der Waals surface area contributed by atoms with E-state index < -0.39 is 24.1 Å². The zero-order valence-electron chi connectivity index (χ0n) is 16.9. The van der Waals surface area contributed by atoms with Gasteiger partial charge in [0.05, 0.1) is 11.7 Å². The lowest BCUT2D eigenvalue weighted by Crippen LogP contribution is -2.49. The molecule has 6 heteroatoms. The second-order valence-corrected chi connectivity index (χ2v) is 7.98. The van der Waals surface area contributed by atoms with Crippen molar-refractivity contribution in [3.63, 3.8) is 0 Å². The molecule has 0 radical (unpaired) electrons. The molecule has 0 unspecified atom stereocenters. The van der Waals surface area contributed by atoms with Crippen LogP contribution < -0.4 is 4.74 Å². The molecule has 3 rings (SSSR count). The number of hydrogen-bond acceptors (Lipinski definition) is 6. The van der Waals surface area contributed by atoms with Crippen LogP contribution in [0.5, 0.6) is 5.75 Å². The van der Waals surface area contributed by atoms with Crippen molar-refractivity contribution in [2.45, 2.75) is 82.8 Å². The van der Waals surface area contributed by atoms with Crippen LogP contribution in [-0.4, -0.2) is 42.2 Å². The minimum Gasteiger partial charge on any atom is -0.484 e. The fourth-order valence-corrected chi connectivity index (χ4v) is 4.11. The van der Waals surface area contributed by atoms with Crippen molar-refractivity contribution >= 4 is 0 Å². The van der Waals surface area contributed by atoms with Crippen molar-refractivity contribution in [2.75, 3.05) is 14.2 Å². The molecular formula is C21H32O6. The van der Waals surface area contributed by atoms with Crippen molar-refractivity contribution in [3.8, 4) is 5.75 Å². The molecule has 0 spiro atoms. The van der Waals surface area contributed by atoms with Crippen LogP contribution in [0.25, 0.3) is 0 Å². The van der Waals surface area contributed by atoms with E-state index in [9.17, 15) is 10.2 Å². The van der Waals surface area contributed by atoms with Gasteiger partial charge in [0.2, 0.25) is 0 Å². The molecule has 2 aliphatic heterocycles. The van der Waals surface area contributed by atoms with Crippen molar-refractivity contribution in [3.05, 3.63) is 28.8 Å². The first-order chi connectivity index (χ1) is 12.9. The van der Waals surface area contributed by atoms with Crippen molar-refractivity contribution in [1.29, 1.82) is 0 Å². The van der Waals surface area contributed by atoms with Crippen LogP contribution in [0.2, 0.25) is 0 Å². The first-order valence-corrected chi connectivity index (χ1v) is 9.78. The molecular weight excluding hydrogens is 348 g/mol. The van der Waals surface area contributed by atoms with Gasteiger partial charge in [-0.1, -0.05) is 38.3 Å². The van der Waals surface area contributed by atoms with Gasteiger partial charge in [0.1, 0.15) is 29.7 Å². The number of aliphatic hydroxyl groups excluding tert-OH is 2. The summed E-state index contributed by atoms with van der Waals surface area (Å²) in [5.41, 5.74) is 1.31. The minimum absolute atomic E-state index is 0.107. The van der Waals surface area contributed by atoms with E-state index in [0.717, 1.165) is 36.8 Å². The van der Waals surface area contributed by atoms with E-state index in [0.29, 0.717) is 11.3 Å². The maximum absolute atomic E-state index is 10.6. The Morgan fingerprint density at radius 2 is 1.78 bits per heavy atom. The van der Waals surface area contributed by atoms with Gasteiger partial charge in [0, 0.05) is 19.8 Å². The molecule has 1 aromatic rings. The Bertz CT molecular complexity index is 658. The Labute approximate surface area is 161 Å². The molecule has 5 atom stereocenters. The highest BCUT2D eigenvalue weighted by Crippen LogP contribution is 2.50. The number of aliphatic hydroxyl groups is 2. The molecule has 2 aliphatic rings. The van der Waals surface area contributed by atoms with Gasteiger partial charge in [-0.15, -0.1) is 0 Å². The number of ether oxygens (including phenoxy) is 4. The first-order valence-electron chi connectivity index (χ1n) is 9.78. The number of fused-ring (bicyclic) bond motifs is 3. The fraction of sp³-hybridized carbons (Fsp3) is 0.714. The molecule has 0 amide bonds. The molecule has 152 valence electrons. The summed E-state index contributed by atoms with van der Waals surface area (Å²) in [7, 11) is 3.28. The zero-order valence-corrected chi connectivity index (χ0v) is 16.9. The van der Waals surface area contributed by atoms with Crippen molar-refractivity contribution in [2.24, 2.45) is 0 Å². The highest BCUT2D eigenvalue weighted by molar-refractivity contribution is 5.52. The third-order valence-corrected chi connectivity index (χ3v) is 5.69. The summed E-state index contributed by atoms with van der Waals surface area (Å²) >= 11 is 0. The van der Waals surface area contributed by atoms with Crippen LogP contribution >= 0.6 is 0 Å². The summed E-state index contributed by atoms with van der Waals surface area (Å²) in [6, 6.07) is 3.74. The predicted molar refractivity (Wildman–Crippen MR) is 101 cm³/mol. The second kappa shape index (κ2) is 8.05. The van der Waals surface area contributed by atoms with Crippen LogP contribution in [-0.2, 0) is 14.2 Å². The number of benzene rings is 1. The van der Waals surface area contributed by atoms with E-state index in [-0.39, 0.29) is 12.2 Å². The maximum Gasteiger partial charge on any atom is 0.187 e. The molecule has 27 heavy (non-hydrogen) atoms. The number of unbranched alkanes of at least 4 members (excludes halogenated alkanes) is 2. The number of hydrogen-bond donors (Lipinski definition) is 2. The molecule has 6 nitrogen and oxygen atoms in total. The predicted octanol–water partition coefficient (Wildman–Crippen LogP) is 3.56. The standard InChI is InChI=1S/C21H32O6/c1-6-7-8-9-14-17(24-4)12-10-11-13-16(22)19(23)21(2,3)27-18(13)15(12)20(25-5)26-14/h10-11,14,16-17,19-20,22-23H,6-9H2,1-5H3/t14-,16+,17-,19+,20+/m1/s1. The van der Waals surface area contributed by atoms with Gasteiger partial charge in [-0.3, -0.25) is 0 Å². The fourth-order valence-electron chi connectivity index (χ4n) is 4.11. The molecule has 0 aromatic heterocycles. The molecule has 0 bridgehead atoms. The normalized spacial score (nSPS) is 31.7. The van der Waals surface area contributed by atoms with Crippen LogP contribution in [0.1, 0.15) is 81.6 Å². The number of rotatable bonds is 6. The Morgan fingerprint density at radius 1 is 1.07 bits per heavy atom. The van der Waals surface area contributed by atoms with Crippen LogP contribution in [0.4, 0.5) is 0 Å². The van der Waals surface area contributed by atoms with Crippen LogP contribution in [0.15, 0.2) is 12.1 Å². The topological polar surface area (TPSA) is 77.4 Å². The van der Waals surface area contributed by atoms with E-state index >= 15 is 0 Å². The Kier molecular flexibility index (Phi) is 6.13. The van der Waals surface area contributed by atoms with E-state index in [1.807, 2.05) is 12.1 Å². The van der Waals surface area contributed by atoms with Crippen molar-refractivity contribution < 1.29 is 29.2 Å². The Morgan fingerprint density at radius 3 is 2.41 bits per heavy atom. The quantitative estimate of drug-likeness (QED) is 0.735. The molecule has 2 heterocycles. The van der Waals surface area contributed by atoms with Gasteiger partial charge in [-0.2, -0.15) is 0 Å². The van der Waals surface area contributed by atoms with E-state index in [4.69, 9.17) is 18.9 Å². The molecule has 0 aliphatic carbocycles. The smallest absolute Gasteiger partial charge is 0.187 e. The molecule has 0 fully saturated rings. The van der Waals surface area contributed by atoms with Gasteiger partial charge in [0.25, 0.3) is 0 Å². The minimum atomic E-state index is -1.03. The largest absolute Gasteiger partial charge is 0.484 e. The Balaban J connectivity index is 2.05. The summed E-state index contributed by atoms with van der Waals surface area (Å²) < 4.78 is 23.8. The third kappa shape index (κ3) is 3.61. The SMILES string of the molecule is CCCCC[C@H]1O[C@H](OC)c2c(ccc3c2OC(C)(C)[C@@H](O)[C@H]3O)[C@H]1OC. The highest BCUT2D eigenvalue weighted by atomic mass is 16.7. The molecule has 0 saturated heterocycles. The summed E-state index contributed by atoms with van der Waals surface area (Å²) in [6.45, 7) is 5.69. The summed E-state index contributed by atoms with van der Waals surface area (Å²) in [5, 5.41) is 21.0. The van der Waals surface area contributed by atoms with Gasteiger partial charge >= 0.3 is 0 Å². The average molecular weight is 380 g/mol. The summed E-state index contributed by atoms with van der Waals surface area (Å²) in [4.78, 5) is 0. The monoisotopic (exact) mass is 380 g/mol. The lowest BCUT2D eigenvalue weighted by Gasteiger charge is -2.44. The third-order valence-electron chi connectivity index (χ3n) is 5.69. The summed E-state index contributed by atoms with van der Waals surface area (Å²) in [6.07, 6.45) is 1.24. The highest BCUT2D eigenvalue weighted by Gasteiger charge is 2.46. The lowest BCUT2D eigenvalue weighted by atomic mass is 9.83. The molecule has 0 saturated carbocycles. The van der Waals surface area contributed by atoms with Crippen LogP contribution in [0, 0.1) is 0 Å². The van der Waals surface area contributed by atoms with Gasteiger partial charge in [-0.25, -0.2) is 0 Å². The lowest BCUT2D eigenvalue weighted by molar-refractivity contribution is -0.207. The van der Waals surface area contributed by atoms with Gasteiger partial charge < -0.3 is 29.2 Å². The van der Waals surface area contributed by atoms with E-state index in [1.165, 1.54) is 0 Å². The van der Waals surface area contributed by atoms with Crippen molar-refractivity contribution in [1.82, 2.24) is 0 Å². The maximum atomic E-state index is 10.6. The average Bonchev–Trinajstić information content (AvgIpc) is 2.65. The van der Waals surface area contributed by atoms with Crippen LogP contribution in [0.3, 0.4) is 0 Å². The number of methoxy groups -OCH3 is 2. The van der Waals surface area contributed by atoms with Gasteiger partial charge in [0.15, 0.2) is 6.29 Å².